The Morgan fingerprint density at radius 1 is 1.03 bits per heavy atom. The smallest absolute Gasteiger partial charge is 0.277 e. The molecular formula is C25H24FN3O2. The van der Waals surface area contributed by atoms with Crippen molar-refractivity contribution in [2.24, 2.45) is 0 Å². The molecule has 0 spiro atoms. The molecule has 6 heteroatoms. The fourth-order valence-corrected chi connectivity index (χ4v) is 3.49. The van der Waals surface area contributed by atoms with Crippen molar-refractivity contribution in [1.29, 1.82) is 0 Å². The number of ether oxygens (including phenoxy) is 1. The third-order valence-corrected chi connectivity index (χ3v) is 5.33. The molecule has 0 N–H and O–H groups in total. The molecule has 0 bridgehead atoms. The molecule has 2 aromatic carbocycles. The zero-order valence-corrected chi connectivity index (χ0v) is 18.0. The Bertz CT molecular complexity index is 1310. The van der Waals surface area contributed by atoms with Crippen LogP contribution in [0.25, 0.3) is 21.9 Å². The molecule has 0 amide bonds. The Morgan fingerprint density at radius 2 is 1.77 bits per heavy atom. The lowest BCUT2D eigenvalue weighted by atomic mass is 9.86. The topological polar surface area (TPSA) is 57.0 Å². The Balaban J connectivity index is 1.65. The standard InChI is InChI=1S/C25H24FN3O2/c1-25(2,3)20-11-19-14-28-29(24(30)23(19)21(26)13-20)15-16-5-7-17(8-6-16)18-9-10-27-22(12-18)31-4/h5-14H,15H2,1-4H3. The highest BCUT2D eigenvalue weighted by Crippen LogP contribution is 2.27. The molecule has 4 rings (SSSR count). The maximum atomic E-state index is 14.8. The summed E-state index contributed by atoms with van der Waals surface area (Å²) >= 11 is 0. The first-order valence-electron chi connectivity index (χ1n) is 10.1. The van der Waals surface area contributed by atoms with E-state index in [1.165, 1.54) is 10.7 Å². The van der Waals surface area contributed by atoms with Crippen LogP contribution in [0.2, 0.25) is 0 Å². The van der Waals surface area contributed by atoms with Crippen molar-refractivity contribution in [2.75, 3.05) is 7.11 Å². The van der Waals surface area contributed by atoms with Gasteiger partial charge in [0.2, 0.25) is 5.88 Å². The van der Waals surface area contributed by atoms with E-state index < -0.39 is 11.4 Å². The molecule has 0 fully saturated rings. The lowest BCUT2D eigenvalue weighted by Crippen LogP contribution is -2.24. The highest BCUT2D eigenvalue weighted by Gasteiger charge is 2.18. The van der Waals surface area contributed by atoms with Gasteiger partial charge in [-0.25, -0.2) is 14.1 Å². The van der Waals surface area contributed by atoms with Gasteiger partial charge in [-0.15, -0.1) is 0 Å². The van der Waals surface area contributed by atoms with E-state index in [-0.39, 0.29) is 17.3 Å². The molecule has 0 radical (unpaired) electrons. The van der Waals surface area contributed by atoms with E-state index in [0.717, 1.165) is 22.3 Å². The molecule has 5 nitrogen and oxygen atoms in total. The minimum absolute atomic E-state index is 0.0727. The molecule has 0 aliphatic rings. The van der Waals surface area contributed by atoms with Crippen LogP contribution in [0.1, 0.15) is 31.9 Å². The largest absolute Gasteiger partial charge is 0.481 e. The SMILES string of the molecule is COc1cc(-c2ccc(Cn3ncc4cc(C(C)(C)C)cc(F)c4c3=O)cc2)ccn1. The first-order chi connectivity index (χ1) is 14.8. The first-order valence-corrected chi connectivity index (χ1v) is 10.1. The number of halogens is 1. The molecule has 2 aromatic heterocycles. The zero-order valence-electron chi connectivity index (χ0n) is 18.0. The van der Waals surface area contributed by atoms with Gasteiger partial charge in [-0.1, -0.05) is 45.0 Å². The number of aromatic nitrogens is 3. The number of fused-ring (bicyclic) bond motifs is 1. The number of hydrogen-bond donors (Lipinski definition) is 0. The van der Waals surface area contributed by atoms with Crippen molar-refractivity contribution in [3.63, 3.8) is 0 Å². The molecule has 2 heterocycles. The van der Waals surface area contributed by atoms with E-state index in [9.17, 15) is 9.18 Å². The maximum absolute atomic E-state index is 14.8. The Labute approximate surface area is 180 Å². The van der Waals surface area contributed by atoms with Crippen LogP contribution in [0.4, 0.5) is 4.39 Å². The van der Waals surface area contributed by atoms with Crippen LogP contribution >= 0.6 is 0 Å². The van der Waals surface area contributed by atoms with Crippen molar-refractivity contribution in [3.05, 3.63) is 88.2 Å². The fraction of sp³-hybridized carbons (Fsp3) is 0.240. The summed E-state index contributed by atoms with van der Waals surface area (Å²) in [5.41, 5.74) is 3.06. The lowest BCUT2D eigenvalue weighted by molar-refractivity contribution is 0.398. The predicted octanol–water partition coefficient (Wildman–Crippen LogP) is 4.95. The summed E-state index contributed by atoms with van der Waals surface area (Å²) in [4.78, 5) is 17.0. The minimum atomic E-state index is -0.509. The Hall–Kier alpha value is -3.54. The number of hydrogen-bond acceptors (Lipinski definition) is 4. The summed E-state index contributed by atoms with van der Waals surface area (Å²) in [5, 5.41) is 4.88. The van der Waals surface area contributed by atoms with Crippen LogP contribution in [0, 0.1) is 5.82 Å². The highest BCUT2D eigenvalue weighted by atomic mass is 19.1. The Kier molecular flexibility index (Phi) is 5.31. The van der Waals surface area contributed by atoms with Crippen LogP contribution in [-0.4, -0.2) is 21.9 Å². The van der Waals surface area contributed by atoms with E-state index >= 15 is 0 Å². The molecule has 0 atom stereocenters. The third kappa shape index (κ3) is 4.19. The summed E-state index contributed by atoms with van der Waals surface area (Å²) in [7, 11) is 1.58. The quantitative estimate of drug-likeness (QED) is 0.471. The molecule has 0 unspecified atom stereocenters. The molecule has 158 valence electrons. The molecule has 0 saturated carbocycles. The van der Waals surface area contributed by atoms with Crippen molar-refractivity contribution in [3.8, 4) is 17.0 Å². The third-order valence-electron chi connectivity index (χ3n) is 5.33. The van der Waals surface area contributed by atoms with Gasteiger partial charge in [0, 0.05) is 17.6 Å². The Morgan fingerprint density at radius 3 is 2.45 bits per heavy atom. The summed E-state index contributed by atoms with van der Waals surface area (Å²) in [6.07, 6.45) is 3.26. The molecule has 0 saturated heterocycles. The van der Waals surface area contributed by atoms with Crippen LogP contribution < -0.4 is 10.3 Å². The van der Waals surface area contributed by atoms with Crippen LogP contribution in [0.5, 0.6) is 5.88 Å². The van der Waals surface area contributed by atoms with E-state index in [0.29, 0.717) is 11.3 Å². The van der Waals surface area contributed by atoms with E-state index in [1.807, 2.05) is 63.2 Å². The van der Waals surface area contributed by atoms with Crippen LogP contribution in [-0.2, 0) is 12.0 Å². The van der Waals surface area contributed by atoms with Crippen molar-refractivity contribution in [2.45, 2.75) is 32.7 Å². The predicted molar refractivity (Wildman–Crippen MR) is 120 cm³/mol. The summed E-state index contributed by atoms with van der Waals surface area (Å²) in [5.74, 6) is 0.0377. The van der Waals surface area contributed by atoms with Gasteiger partial charge in [-0.05, 0) is 45.9 Å². The normalized spacial score (nSPS) is 11.6. The van der Waals surface area contributed by atoms with Crippen molar-refractivity contribution in [1.82, 2.24) is 14.8 Å². The molecule has 0 aliphatic heterocycles. The summed E-state index contributed by atoms with van der Waals surface area (Å²) in [6, 6.07) is 14.8. The number of nitrogens with zero attached hydrogens (tertiary/aromatic N) is 3. The van der Waals surface area contributed by atoms with E-state index in [4.69, 9.17) is 4.74 Å². The number of pyridine rings is 1. The van der Waals surface area contributed by atoms with Gasteiger partial charge in [0.1, 0.15) is 5.82 Å². The van der Waals surface area contributed by atoms with Gasteiger partial charge < -0.3 is 4.74 Å². The highest BCUT2D eigenvalue weighted by molar-refractivity contribution is 5.82. The summed E-state index contributed by atoms with van der Waals surface area (Å²) < 4.78 is 21.3. The van der Waals surface area contributed by atoms with Crippen LogP contribution in [0.3, 0.4) is 0 Å². The molecule has 4 aromatic rings. The fourth-order valence-electron chi connectivity index (χ4n) is 3.49. The van der Waals surface area contributed by atoms with Gasteiger partial charge in [0.25, 0.3) is 5.56 Å². The molecule has 0 aliphatic carbocycles. The van der Waals surface area contributed by atoms with Crippen molar-refractivity contribution >= 4 is 10.8 Å². The van der Waals surface area contributed by atoms with Crippen molar-refractivity contribution < 1.29 is 9.13 Å². The van der Waals surface area contributed by atoms with Gasteiger partial charge >= 0.3 is 0 Å². The molecule has 31 heavy (non-hydrogen) atoms. The monoisotopic (exact) mass is 417 g/mol. The van der Waals surface area contributed by atoms with Gasteiger partial charge in [-0.2, -0.15) is 5.10 Å². The molecular weight excluding hydrogens is 393 g/mol. The second-order valence-corrected chi connectivity index (χ2v) is 8.56. The van der Waals surface area contributed by atoms with E-state index in [2.05, 4.69) is 10.1 Å². The second-order valence-electron chi connectivity index (χ2n) is 8.56. The number of methoxy groups -OCH3 is 1. The average molecular weight is 417 g/mol. The number of rotatable bonds is 4. The van der Waals surface area contributed by atoms with Gasteiger partial charge in [0.05, 0.1) is 25.2 Å². The zero-order chi connectivity index (χ0) is 22.2. The number of benzene rings is 2. The summed E-state index contributed by atoms with van der Waals surface area (Å²) in [6.45, 7) is 6.28. The van der Waals surface area contributed by atoms with Gasteiger partial charge in [-0.3, -0.25) is 4.79 Å². The van der Waals surface area contributed by atoms with Gasteiger partial charge in [0.15, 0.2) is 0 Å². The minimum Gasteiger partial charge on any atom is -0.481 e. The van der Waals surface area contributed by atoms with E-state index in [1.54, 1.807) is 19.5 Å². The first kappa shape index (κ1) is 20.7. The average Bonchev–Trinajstić information content (AvgIpc) is 2.75. The second kappa shape index (κ2) is 7.95. The maximum Gasteiger partial charge on any atom is 0.277 e. The lowest BCUT2D eigenvalue weighted by Gasteiger charge is -2.19. The van der Waals surface area contributed by atoms with Crippen LogP contribution in [0.15, 0.2) is 65.7 Å².